The molecule has 0 spiro atoms. The first kappa shape index (κ1) is 17.8. The number of amides is 1. The minimum absolute atomic E-state index is 0.0165. The molecule has 0 aliphatic heterocycles. The first-order valence-electron chi connectivity index (χ1n) is 6.66. The summed E-state index contributed by atoms with van der Waals surface area (Å²) in [6.45, 7) is 0.136. The SMILES string of the molecule is O=C(CCNC(=O)c1ccccc1Cl)Oc1ccc(Br)cc1Cl. The number of ether oxygens (including phenoxy) is 1. The molecule has 0 bridgehead atoms. The van der Waals surface area contributed by atoms with Crippen LogP contribution in [0.4, 0.5) is 0 Å². The van der Waals surface area contributed by atoms with Crippen LogP contribution in [0, 0.1) is 0 Å². The number of rotatable bonds is 5. The molecule has 4 nitrogen and oxygen atoms in total. The highest BCUT2D eigenvalue weighted by molar-refractivity contribution is 9.10. The fourth-order valence-electron chi connectivity index (χ4n) is 1.75. The van der Waals surface area contributed by atoms with Crippen molar-refractivity contribution < 1.29 is 14.3 Å². The Labute approximate surface area is 151 Å². The van der Waals surface area contributed by atoms with Crippen molar-refractivity contribution in [3.8, 4) is 5.75 Å². The molecule has 0 saturated heterocycles. The summed E-state index contributed by atoms with van der Waals surface area (Å²) in [5, 5.41) is 3.30. The summed E-state index contributed by atoms with van der Waals surface area (Å²) in [5.74, 6) is -0.559. The maximum absolute atomic E-state index is 11.9. The molecule has 0 unspecified atom stereocenters. The van der Waals surface area contributed by atoms with E-state index in [1.807, 2.05) is 0 Å². The smallest absolute Gasteiger partial charge is 0.313 e. The van der Waals surface area contributed by atoms with Crippen molar-refractivity contribution in [3.63, 3.8) is 0 Å². The molecule has 2 rings (SSSR count). The molecule has 0 fully saturated rings. The summed E-state index contributed by atoms with van der Waals surface area (Å²) >= 11 is 15.2. The van der Waals surface area contributed by atoms with Crippen LogP contribution >= 0.6 is 39.1 Å². The second-order valence-corrected chi connectivity index (χ2v) is 6.26. The van der Waals surface area contributed by atoms with Crippen LogP contribution in [0.25, 0.3) is 0 Å². The summed E-state index contributed by atoms with van der Waals surface area (Å²) in [6.07, 6.45) is 0.0165. The quantitative estimate of drug-likeness (QED) is 0.577. The highest BCUT2D eigenvalue weighted by Crippen LogP contribution is 2.27. The van der Waals surface area contributed by atoms with E-state index in [-0.39, 0.29) is 24.6 Å². The average Bonchev–Trinajstić information content (AvgIpc) is 2.50. The largest absolute Gasteiger partial charge is 0.425 e. The molecule has 0 aliphatic carbocycles. The van der Waals surface area contributed by atoms with Gasteiger partial charge in [0.1, 0.15) is 5.75 Å². The molecule has 1 amide bonds. The summed E-state index contributed by atoms with van der Waals surface area (Å²) in [7, 11) is 0. The minimum Gasteiger partial charge on any atom is -0.425 e. The number of esters is 1. The molecule has 2 aromatic rings. The van der Waals surface area contributed by atoms with E-state index in [0.29, 0.717) is 15.6 Å². The molecule has 0 atom stereocenters. The van der Waals surface area contributed by atoms with Gasteiger partial charge in [0.2, 0.25) is 0 Å². The third-order valence-electron chi connectivity index (χ3n) is 2.85. The number of nitrogens with one attached hydrogen (secondary N) is 1. The van der Waals surface area contributed by atoms with Gasteiger partial charge in [-0.15, -0.1) is 0 Å². The molecule has 7 heteroatoms. The van der Waals surface area contributed by atoms with Gasteiger partial charge in [-0.25, -0.2) is 0 Å². The molecule has 2 aromatic carbocycles. The summed E-state index contributed by atoms with van der Waals surface area (Å²) in [4.78, 5) is 23.7. The Balaban J connectivity index is 1.83. The van der Waals surface area contributed by atoms with E-state index >= 15 is 0 Å². The van der Waals surface area contributed by atoms with Crippen LogP contribution in [0.1, 0.15) is 16.8 Å². The number of carbonyl (C=O) groups excluding carboxylic acids is 2. The van der Waals surface area contributed by atoms with Gasteiger partial charge in [-0.1, -0.05) is 51.3 Å². The Morgan fingerprint density at radius 1 is 1.09 bits per heavy atom. The normalized spacial score (nSPS) is 10.2. The predicted molar refractivity (Wildman–Crippen MR) is 93.2 cm³/mol. The Morgan fingerprint density at radius 2 is 1.83 bits per heavy atom. The molecule has 0 saturated carbocycles. The topological polar surface area (TPSA) is 55.4 Å². The second kappa shape index (κ2) is 8.34. The van der Waals surface area contributed by atoms with Gasteiger partial charge in [-0.3, -0.25) is 9.59 Å². The Hall–Kier alpha value is -1.56. The van der Waals surface area contributed by atoms with E-state index in [0.717, 1.165) is 4.47 Å². The van der Waals surface area contributed by atoms with Crippen LogP contribution in [0.2, 0.25) is 10.0 Å². The van der Waals surface area contributed by atoms with Crippen molar-refractivity contribution in [2.24, 2.45) is 0 Å². The van der Waals surface area contributed by atoms with Crippen LogP contribution in [0.15, 0.2) is 46.9 Å². The van der Waals surface area contributed by atoms with Gasteiger partial charge in [0.25, 0.3) is 5.91 Å². The Kier molecular flexibility index (Phi) is 6.45. The summed E-state index contributed by atoms with van der Waals surface area (Å²) in [5.41, 5.74) is 0.360. The minimum atomic E-state index is -0.492. The van der Waals surface area contributed by atoms with Crippen molar-refractivity contribution in [2.75, 3.05) is 6.54 Å². The lowest BCUT2D eigenvalue weighted by Crippen LogP contribution is -2.27. The number of hydrogen-bond donors (Lipinski definition) is 1. The first-order valence-corrected chi connectivity index (χ1v) is 8.20. The van der Waals surface area contributed by atoms with E-state index in [1.54, 1.807) is 42.5 Å². The lowest BCUT2D eigenvalue weighted by molar-refractivity contribution is -0.134. The van der Waals surface area contributed by atoms with E-state index < -0.39 is 5.97 Å². The molecular formula is C16H12BrCl2NO3. The average molecular weight is 417 g/mol. The maximum Gasteiger partial charge on any atom is 0.313 e. The lowest BCUT2D eigenvalue weighted by atomic mass is 10.2. The fourth-order valence-corrected chi connectivity index (χ4v) is 2.68. The van der Waals surface area contributed by atoms with Gasteiger partial charge in [-0.2, -0.15) is 0 Å². The zero-order chi connectivity index (χ0) is 16.8. The van der Waals surface area contributed by atoms with Crippen molar-refractivity contribution in [2.45, 2.75) is 6.42 Å². The maximum atomic E-state index is 11.9. The molecule has 0 aromatic heterocycles. The van der Waals surface area contributed by atoms with Crippen molar-refractivity contribution in [3.05, 3.63) is 62.5 Å². The van der Waals surface area contributed by atoms with Crippen molar-refractivity contribution in [1.29, 1.82) is 0 Å². The molecule has 1 N–H and O–H groups in total. The first-order chi connectivity index (χ1) is 11.0. The monoisotopic (exact) mass is 415 g/mol. The van der Waals surface area contributed by atoms with Crippen LogP contribution in [-0.2, 0) is 4.79 Å². The summed E-state index contributed by atoms with van der Waals surface area (Å²) in [6, 6.07) is 11.6. The van der Waals surface area contributed by atoms with Gasteiger partial charge in [0.15, 0.2) is 0 Å². The Bertz CT molecular complexity index is 737. The van der Waals surface area contributed by atoms with Crippen molar-refractivity contribution in [1.82, 2.24) is 5.32 Å². The van der Waals surface area contributed by atoms with Crippen LogP contribution < -0.4 is 10.1 Å². The van der Waals surface area contributed by atoms with E-state index in [9.17, 15) is 9.59 Å². The molecule has 0 aliphatic rings. The van der Waals surface area contributed by atoms with Crippen molar-refractivity contribution >= 4 is 51.0 Å². The second-order valence-electron chi connectivity index (χ2n) is 4.53. The van der Waals surface area contributed by atoms with Gasteiger partial charge >= 0.3 is 5.97 Å². The van der Waals surface area contributed by atoms with E-state index in [1.165, 1.54) is 0 Å². The van der Waals surface area contributed by atoms with Crippen LogP contribution in [0.3, 0.4) is 0 Å². The molecule has 0 radical (unpaired) electrons. The fraction of sp³-hybridized carbons (Fsp3) is 0.125. The van der Waals surface area contributed by atoms with Gasteiger partial charge in [-0.05, 0) is 30.3 Å². The number of benzene rings is 2. The third kappa shape index (κ3) is 5.23. The van der Waals surface area contributed by atoms with Crippen LogP contribution in [0.5, 0.6) is 5.75 Å². The third-order valence-corrected chi connectivity index (χ3v) is 3.97. The number of halogens is 3. The van der Waals surface area contributed by atoms with E-state index in [2.05, 4.69) is 21.2 Å². The molecule has 0 heterocycles. The zero-order valence-electron chi connectivity index (χ0n) is 11.8. The molecule has 120 valence electrons. The van der Waals surface area contributed by atoms with Gasteiger partial charge in [0.05, 0.1) is 22.0 Å². The number of hydrogen-bond acceptors (Lipinski definition) is 3. The summed E-state index contributed by atoms with van der Waals surface area (Å²) < 4.78 is 5.93. The highest BCUT2D eigenvalue weighted by atomic mass is 79.9. The number of carbonyl (C=O) groups is 2. The molecular weight excluding hydrogens is 405 g/mol. The molecule has 23 heavy (non-hydrogen) atoms. The predicted octanol–water partition coefficient (Wildman–Crippen LogP) is 4.48. The standard InChI is InChI=1S/C16H12BrCl2NO3/c17-10-5-6-14(13(19)9-10)23-15(21)7-8-20-16(22)11-3-1-2-4-12(11)18/h1-6,9H,7-8H2,(H,20,22). The van der Waals surface area contributed by atoms with Crippen LogP contribution in [-0.4, -0.2) is 18.4 Å². The highest BCUT2D eigenvalue weighted by Gasteiger charge is 2.12. The lowest BCUT2D eigenvalue weighted by Gasteiger charge is -2.08. The van der Waals surface area contributed by atoms with E-state index in [4.69, 9.17) is 27.9 Å². The van der Waals surface area contributed by atoms with Gasteiger partial charge < -0.3 is 10.1 Å². The zero-order valence-corrected chi connectivity index (χ0v) is 14.9. The van der Waals surface area contributed by atoms with Gasteiger partial charge in [0, 0.05) is 11.0 Å². The Morgan fingerprint density at radius 3 is 2.52 bits per heavy atom.